The normalized spacial score (nSPS) is 15.8. The van der Waals surface area contributed by atoms with Crippen molar-refractivity contribution in [2.75, 3.05) is 6.54 Å². The molecule has 166 valence electrons. The number of ether oxygens (including phenoxy) is 1. The quantitative estimate of drug-likeness (QED) is 0.190. The van der Waals surface area contributed by atoms with Gasteiger partial charge < -0.3 is 14.1 Å². The third-order valence-corrected chi connectivity index (χ3v) is 5.99. The monoisotopic (exact) mass is 444 g/mol. The summed E-state index contributed by atoms with van der Waals surface area (Å²) in [4.78, 5) is 38.1. The number of nitrogens with zero attached hydrogens (tertiary/aromatic N) is 2. The first-order valence-corrected chi connectivity index (χ1v) is 10.6. The zero-order chi connectivity index (χ0) is 23.1. The minimum atomic E-state index is -0.718. The van der Waals surface area contributed by atoms with Gasteiger partial charge >= 0.3 is 5.97 Å². The first-order chi connectivity index (χ1) is 15.9. The highest BCUT2D eigenvalue weighted by molar-refractivity contribution is 6.05. The van der Waals surface area contributed by atoms with E-state index >= 15 is 0 Å². The van der Waals surface area contributed by atoms with Crippen LogP contribution < -0.4 is 4.74 Å². The Bertz CT molecular complexity index is 1420. The van der Waals surface area contributed by atoms with Crippen LogP contribution in [0.5, 0.6) is 5.75 Å². The summed E-state index contributed by atoms with van der Waals surface area (Å²) in [6.45, 7) is 2.00. The van der Waals surface area contributed by atoms with E-state index in [2.05, 4.69) is 0 Å². The number of rotatable bonds is 4. The van der Waals surface area contributed by atoms with E-state index in [1.165, 1.54) is 23.1 Å². The molecule has 1 fully saturated rings. The van der Waals surface area contributed by atoms with Crippen molar-refractivity contribution in [2.45, 2.75) is 25.8 Å². The molecule has 4 aromatic rings. The Labute approximate surface area is 188 Å². The smallest absolute Gasteiger partial charge is 0.334 e. The SMILES string of the molecule is Cc1cc(C(=O)N2CCCC2C(=O)Oc2ccc3oc4ccccc4c3c2)ccc1[N+](=O)[O-]. The van der Waals surface area contributed by atoms with E-state index in [-0.39, 0.29) is 11.6 Å². The van der Waals surface area contributed by atoms with Gasteiger partial charge in [0, 0.05) is 34.5 Å². The average Bonchev–Trinajstić information content (AvgIpc) is 3.43. The van der Waals surface area contributed by atoms with E-state index in [1.807, 2.05) is 24.3 Å². The van der Waals surface area contributed by atoms with Crippen molar-refractivity contribution in [3.8, 4) is 5.75 Å². The number of nitro benzene ring substituents is 1. The molecule has 1 atom stereocenters. The van der Waals surface area contributed by atoms with Gasteiger partial charge in [-0.25, -0.2) is 4.79 Å². The van der Waals surface area contributed by atoms with Crippen LogP contribution in [0.1, 0.15) is 28.8 Å². The number of esters is 1. The first-order valence-electron chi connectivity index (χ1n) is 10.6. The van der Waals surface area contributed by atoms with Crippen molar-refractivity contribution in [1.82, 2.24) is 4.90 Å². The maximum atomic E-state index is 13.1. The summed E-state index contributed by atoms with van der Waals surface area (Å²) < 4.78 is 11.5. The number of para-hydroxylation sites is 1. The zero-order valence-electron chi connectivity index (χ0n) is 17.8. The Hall–Kier alpha value is -4.20. The number of likely N-dealkylation sites (tertiary alicyclic amines) is 1. The summed E-state index contributed by atoms with van der Waals surface area (Å²) in [6.07, 6.45) is 1.16. The lowest BCUT2D eigenvalue weighted by atomic mass is 10.1. The van der Waals surface area contributed by atoms with Gasteiger partial charge in [-0.3, -0.25) is 14.9 Å². The standard InChI is InChI=1S/C25H20N2O6/c1-15-13-16(8-10-20(15)27(30)31)24(28)26-12-4-6-21(26)25(29)32-17-9-11-23-19(14-17)18-5-2-3-7-22(18)33-23/h2-3,5,7-11,13-14,21H,4,6,12H2,1H3. The zero-order valence-corrected chi connectivity index (χ0v) is 17.8. The van der Waals surface area contributed by atoms with Crippen LogP contribution in [0.3, 0.4) is 0 Å². The molecule has 8 heteroatoms. The molecule has 3 aromatic carbocycles. The third-order valence-electron chi connectivity index (χ3n) is 5.99. The summed E-state index contributed by atoms with van der Waals surface area (Å²) in [5.41, 5.74) is 2.10. The molecule has 0 N–H and O–H groups in total. The van der Waals surface area contributed by atoms with E-state index < -0.39 is 16.9 Å². The van der Waals surface area contributed by atoms with Gasteiger partial charge in [-0.1, -0.05) is 18.2 Å². The summed E-state index contributed by atoms with van der Waals surface area (Å²) in [5, 5.41) is 12.8. The third kappa shape index (κ3) is 3.69. The second kappa shape index (κ2) is 8.05. The van der Waals surface area contributed by atoms with Gasteiger partial charge in [0.1, 0.15) is 23.0 Å². The fourth-order valence-electron chi connectivity index (χ4n) is 4.37. The molecule has 33 heavy (non-hydrogen) atoms. The fourth-order valence-corrected chi connectivity index (χ4v) is 4.37. The number of furan rings is 1. The molecule has 0 aliphatic carbocycles. The van der Waals surface area contributed by atoms with Crippen LogP contribution in [0.15, 0.2) is 65.1 Å². The number of hydrogen-bond acceptors (Lipinski definition) is 6. The van der Waals surface area contributed by atoms with Crippen LogP contribution in [-0.4, -0.2) is 34.3 Å². The molecule has 0 bridgehead atoms. The largest absolute Gasteiger partial charge is 0.456 e. The van der Waals surface area contributed by atoms with Crippen LogP contribution in [0.2, 0.25) is 0 Å². The molecular weight excluding hydrogens is 424 g/mol. The van der Waals surface area contributed by atoms with Gasteiger partial charge in [-0.15, -0.1) is 0 Å². The van der Waals surface area contributed by atoms with Gasteiger partial charge in [-0.05, 0) is 56.2 Å². The number of hydrogen-bond donors (Lipinski definition) is 0. The molecule has 1 saturated heterocycles. The second-order valence-electron chi connectivity index (χ2n) is 8.09. The van der Waals surface area contributed by atoms with Gasteiger partial charge in [0.15, 0.2) is 0 Å². The molecule has 0 radical (unpaired) electrons. The highest BCUT2D eigenvalue weighted by Gasteiger charge is 2.36. The maximum absolute atomic E-state index is 13.1. The van der Waals surface area contributed by atoms with Gasteiger partial charge in [0.05, 0.1) is 4.92 Å². The van der Waals surface area contributed by atoms with Crippen molar-refractivity contribution in [3.63, 3.8) is 0 Å². The summed E-state index contributed by atoms with van der Waals surface area (Å²) in [7, 11) is 0. The van der Waals surface area contributed by atoms with Crippen LogP contribution >= 0.6 is 0 Å². The topological polar surface area (TPSA) is 103 Å². The number of benzene rings is 3. The molecule has 1 aliphatic heterocycles. The number of nitro groups is 1. The number of fused-ring (bicyclic) bond motifs is 3. The fraction of sp³-hybridized carbons (Fsp3) is 0.200. The molecule has 5 rings (SSSR count). The van der Waals surface area contributed by atoms with E-state index in [0.29, 0.717) is 41.8 Å². The molecular formula is C25H20N2O6. The Morgan fingerprint density at radius 2 is 1.85 bits per heavy atom. The first kappa shape index (κ1) is 20.7. The van der Waals surface area contributed by atoms with Crippen LogP contribution in [0.4, 0.5) is 5.69 Å². The van der Waals surface area contributed by atoms with E-state index in [1.54, 1.807) is 25.1 Å². The molecule has 1 unspecified atom stereocenters. The molecule has 1 aliphatic rings. The predicted octanol–water partition coefficient (Wildman–Crippen LogP) is 5.01. The second-order valence-corrected chi connectivity index (χ2v) is 8.09. The van der Waals surface area contributed by atoms with Crippen molar-refractivity contribution in [2.24, 2.45) is 0 Å². The molecule has 1 aromatic heterocycles. The number of aryl methyl sites for hydroxylation is 1. The van der Waals surface area contributed by atoms with Crippen LogP contribution in [0.25, 0.3) is 21.9 Å². The maximum Gasteiger partial charge on any atom is 0.334 e. The van der Waals surface area contributed by atoms with Gasteiger partial charge in [0.2, 0.25) is 0 Å². The molecule has 0 saturated carbocycles. The summed E-state index contributed by atoms with van der Waals surface area (Å²) in [5.74, 6) is -0.472. The lowest BCUT2D eigenvalue weighted by molar-refractivity contribution is -0.385. The van der Waals surface area contributed by atoms with Gasteiger partial charge in [-0.2, -0.15) is 0 Å². The van der Waals surface area contributed by atoms with Crippen LogP contribution in [-0.2, 0) is 4.79 Å². The summed E-state index contributed by atoms with van der Waals surface area (Å²) in [6, 6.07) is 16.3. The molecule has 2 heterocycles. The average molecular weight is 444 g/mol. The van der Waals surface area contributed by atoms with Crippen molar-refractivity contribution in [1.29, 1.82) is 0 Å². The minimum Gasteiger partial charge on any atom is -0.456 e. The Morgan fingerprint density at radius 1 is 1.06 bits per heavy atom. The van der Waals surface area contributed by atoms with E-state index in [9.17, 15) is 19.7 Å². The summed E-state index contributed by atoms with van der Waals surface area (Å²) >= 11 is 0. The number of carbonyl (C=O) groups is 2. The Kier molecular flexibility index (Phi) is 5.05. The van der Waals surface area contributed by atoms with Crippen molar-refractivity contribution < 1.29 is 23.7 Å². The Morgan fingerprint density at radius 3 is 2.64 bits per heavy atom. The van der Waals surface area contributed by atoms with E-state index in [0.717, 1.165) is 16.4 Å². The molecule has 0 spiro atoms. The number of carbonyl (C=O) groups excluding carboxylic acids is 2. The Balaban J connectivity index is 1.37. The lowest BCUT2D eigenvalue weighted by Crippen LogP contribution is -2.42. The highest BCUT2D eigenvalue weighted by atomic mass is 16.6. The van der Waals surface area contributed by atoms with Crippen LogP contribution in [0, 0.1) is 17.0 Å². The highest BCUT2D eigenvalue weighted by Crippen LogP contribution is 2.32. The lowest BCUT2D eigenvalue weighted by Gasteiger charge is -2.23. The number of amides is 1. The molecule has 1 amide bonds. The molecule has 8 nitrogen and oxygen atoms in total. The predicted molar refractivity (Wildman–Crippen MR) is 121 cm³/mol. The minimum absolute atomic E-state index is 0.0499. The van der Waals surface area contributed by atoms with Crippen molar-refractivity contribution in [3.05, 3.63) is 81.9 Å². The van der Waals surface area contributed by atoms with E-state index in [4.69, 9.17) is 9.15 Å². The van der Waals surface area contributed by atoms with Crippen molar-refractivity contribution >= 4 is 39.5 Å². The van der Waals surface area contributed by atoms with Gasteiger partial charge in [0.25, 0.3) is 11.6 Å².